The van der Waals surface area contributed by atoms with E-state index in [1.165, 1.54) is 43.6 Å². The molecule has 0 radical (unpaired) electrons. The minimum Gasteiger partial charge on any atom is -0.317 e. The summed E-state index contributed by atoms with van der Waals surface area (Å²) in [5.74, 6) is 0.887. The SMILES string of the molecule is CCNCC1CCN(Cc2ccccc2CC)CC1.Cl. The third-order valence-electron chi connectivity index (χ3n) is 4.28. The van der Waals surface area contributed by atoms with Crippen molar-refractivity contribution in [3.63, 3.8) is 0 Å². The zero-order valence-corrected chi connectivity index (χ0v) is 13.7. The fourth-order valence-electron chi connectivity index (χ4n) is 2.99. The Morgan fingerprint density at radius 1 is 1.10 bits per heavy atom. The molecule has 0 amide bonds. The van der Waals surface area contributed by atoms with Crippen LogP contribution in [0.5, 0.6) is 0 Å². The van der Waals surface area contributed by atoms with E-state index in [0.29, 0.717) is 0 Å². The van der Waals surface area contributed by atoms with Crippen LogP contribution < -0.4 is 5.32 Å². The molecular weight excluding hydrogens is 268 g/mol. The number of nitrogens with one attached hydrogen (secondary N) is 1. The third-order valence-corrected chi connectivity index (χ3v) is 4.28. The first-order chi connectivity index (χ1) is 9.33. The standard InChI is InChI=1S/C17H28N2.ClH/c1-3-16-7-5-6-8-17(16)14-19-11-9-15(10-12-19)13-18-4-2;/h5-8,15,18H,3-4,9-14H2,1-2H3;1H. The van der Waals surface area contributed by atoms with E-state index in [4.69, 9.17) is 0 Å². The molecule has 1 fully saturated rings. The number of piperidine rings is 1. The second-order valence-corrected chi connectivity index (χ2v) is 5.65. The molecule has 1 aliphatic rings. The Kier molecular flexibility index (Phi) is 8.20. The summed E-state index contributed by atoms with van der Waals surface area (Å²) < 4.78 is 0. The Balaban J connectivity index is 0.00000200. The van der Waals surface area contributed by atoms with Gasteiger partial charge in [0.25, 0.3) is 0 Å². The molecule has 0 saturated carbocycles. The van der Waals surface area contributed by atoms with E-state index in [2.05, 4.69) is 48.3 Å². The molecule has 1 N–H and O–H groups in total. The van der Waals surface area contributed by atoms with Crippen LogP contribution in [-0.4, -0.2) is 31.1 Å². The third kappa shape index (κ3) is 5.08. The summed E-state index contributed by atoms with van der Waals surface area (Å²) in [4.78, 5) is 2.62. The molecule has 0 unspecified atom stereocenters. The van der Waals surface area contributed by atoms with Crippen LogP contribution >= 0.6 is 12.4 Å². The molecule has 1 aromatic rings. The summed E-state index contributed by atoms with van der Waals surface area (Å²) in [6.07, 6.45) is 3.84. The Labute approximate surface area is 130 Å². The lowest BCUT2D eigenvalue weighted by Crippen LogP contribution is -2.37. The minimum atomic E-state index is 0. The van der Waals surface area contributed by atoms with E-state index in [1.807, 2.05) is 0 Å². The molecule has 2 nitrogen and oxygen atoms in total. The summed E-state index contributed by atoms with van der Waals surface area (Å²) in [6.45, 7) is 10.4. The summed E-state index contributed by atoms with van der Waals surface area (Å²) in [6, 6.07) is 8.90. The second kappa shape index (κ2) is 9.38. The normalized spacial score (nSPS) is 16.9. The first-order valence-electron chi connectivity index (χ1n) is 7.83. The topological polar surface area (TPSA) is 15.3 Å². The maximum Gasteiger partial charge on any atom is 0.0236 e. The van der Waals surface area contributed by atoms with Crippen molar-refractivity contribution in [3.8, 4) is 0 Å². The molecule has 0 aromatic heterocycles. The van der Waals surface area contributed by atoms with Crippen molar-refractivity contribution in [1.29, 1.82) is 0 Å². The van der Waals surface area contributed by atoms with Crippen molar-refractivity contribution < 1.29 is 0 Å². The molecule has 1 saturated heterocycles. The Hall–Kier alpha value is -0.570. The lowest BCUT2D eigenvalue weighted by molar-refractivity contribution is 0.175. The van der Waals surface area contributed by atoms with E-state index in [-0.39, 0.29) is 12.4 Å². The van der Waals surface area contributed by atoms with Crippen LogP contribution in [0.4, 0.5) is 0 Å². The van der Waals surface area contributed by atoms with E-state index in [9.17, 15) is 0 Å². The average Bonchev–Trinajstić information content (AvgIpc) is 2.47. The van der Waals surface area contributed by atoms with Crippen LogP contribution in [0.1, 0.15) is 37.8 Å². The highest BCUT2D eigenvalue weighted by Crippen LogP contribution is 2.20. The lowest BCUT2D eigenvalue weighted by Gasteiger charge is -2.32. The molecule has 0 aliphatic carbocycles. The number of likely N-dealkylation sites (tertiary alicyclic amines) is 1. The fraction of sp³-hybridized carbons (Fsp3) is 0.647. The molecule has 20 heavy (non-hydrogen) atoms. The first-order valence-corrected chi connectivity index (χ1v) is 7.83. The zero-order chi connectivity index (χ0) is 13.5. The van der Waals surface area contributed by atoms with Gasteiger partial charge < -0.3 is 5.32 Å². The van der Waals surface area contributed by atoms with Gasteiger partial charge in [-0.1, -0.05) is 38.1 Å². The zero-order valence-electron chi connectivity index (χ0n) is 12.9. The summed E-state index contributed by atoms with van der Waals surface area (Å²) >= 11 is 0. The van der Waals surface area contributed by atoms with Gasteiger partial charge in [-0.2, -0.15) is 0 Å². The molecular formula is C17H29ClN2. The van der Waals surface area contributed by atoms with Gasteiger partial charge in [0.05, 0.1) is 0 Å². The maximum absolute atomic E-state index is 3.48. The predicted octanol–water partition coefficient (Wildman–Crippen LogP) is 3.49. The largest absolute Gasteiger partial charge is 0.317 e. The first kappa shape index (κ1) is 17.5. The van der Waals surface area contributed by atoms with E-state index >= 15 is 0 Å². The Morgan fingerprint density at radius 2 is 1.75 bits per heavy atom. The quantitative estimate of drug-likeness (QED) is 0.864. The highest BCUT2D eigenvalue weighted by atomic mass is 35.5. The number of hydrogen-bond acceptors (Lipinski definition) is 2. The van der Waals surface area contributed by atoms with Crippen LogP contribution in [0, 0.1) is 5.92 Å². The van der Waals surface area contributed by atoms with Crippen molar-refractivity contribution in [1.82, 2.24) is 10.2 Å². The van der Waals surface area contributed by atoms with Crippen LogP contribution in [0.25, 0.3) is 0 Å². The van der Waals surface area contributed by atoms with Gasteiger partial charge in [0, 0.05) is 6.54 Å². The number of nitrogens with zero attached hydrogens (tertiary/aromatic N) is 1. The van der Waals surface area contributed by atoms with Gasteiger partial charge in [-0.25, -0.2) is 0 Å². The monoisotopic (exact) mass is 296 g/mol. The van der Waals surface area contributed by atoms with E-state index in [1.54, 1.807) is 0 Å². The maximum atomic E-state index is 3.48. The molecule has 0 bridgehead atoms. The molecule has 3 heteroatoms. The number of hydrogen-bond donors (Lipinski definition) is 1. The molecule has 2 rings (SSSR count). The number of benzene rings is 1. The second-order valence-electron chi connectivity index (χ2n) is 5.65. The number of aryl methyl sites for hydroxylation is 1. The summed E-state index contributed by atoms with van der Waals surface area (Å²) in [5.41, 5.74) is 3.03. The molecule has 1 heterocycles. The number of halogens is 1. The summed E-state index contributed by atoms with van der Waals surface area (Å²) in [7, 11) is 0. The lowest BCUT2D eigenvalue weighted by atomic mass is 9.96. The molecule has 0 spiro atoms. The van der Waals surface area contributed by atoms with Crippen LogP contribution in [0.2, 0.25) is 0 Å². The Morgan fingerprint density at radius 3 is 2.35 bits per heavy atom. The summed E-state index contributed by atoms with van der Waals surface area (Å²) in [5, 5.41) is 3.48. The van der Waals surface area contributed by atoms with Gasteiger partial charge in [-0.05, 0) is 62.5 Å². The van der Waals surface area contributed by atoms with Gasteiger partial charge >= 0.3 is 0 Å². The molecule has 0 atom stereocenters. The van der Waals surface area contributed by atoms with E-state index in [0.717, 1.165) is 25.4 Å². The van der Waals surface area contributed by atoms with Crippen molar-refractivity contribution >= 4 is 12.4 Å². The van der Waals surface area contributed by atoms with Crippen LogP contribution in [-0.2, 0) is 13.0 Å². The van der Waals surface area contributed by atoms with Gasteiger partial charge in [0.1, 0.15) is 0 Å². The van der Waals surface area contributed by atoms with Crippen molar-refractivity contribution in [2.45, 2.75) is 39.7 Å². The van der Waals surface area contributed by atoms with Crippen LogP contribution in [0.3, 0.4) is 0 Å². The van der Waals surface area contributed by atoms with E-state index < -0.39 is 0 Å². The predicted molar refractivity (Wildman–Crippen MR) is 89.6 cm³/mol. The average molecular weight is 297 g/mol. The van der Waals surface area contributed by atoms with Gasteiger partial charge in [0.2, 0.25) is 0 Å². The molecule has 114 valence electrons. The minimum absolute atomic E-state index is 0. The number of rotatable bonds is 6. The van der Waals surface area contributed by atoms with Gasteiger partial charge in [0.15, 0.2) is 0 Å². The van der Waals surface area contributed by atoms with Crippen molar-refractivity contribution in [2.24, 2.45) is 5.92 Å². The molecule has 1 aliphatic heterocycles. The van der Waals surface area contributed by atoms with Crippen LogP contribution in [0.15, 0.2) is 24.3 Å². The van der Waals surface area contributed by atoms with Gasteiger partial charge in [-0.15, -0.1) is 12.4 Å². The fourth-order valence-corrected chi connectivity index (χ4v) is 2.99. The highest BCUT2D eigenvalue weighted by Gasteiger charge is 2.19. The van der Waals surface area contributed by atoms with Gasteiger partial charge in [-0.3, -0.25) is 4.90 Å². The van der Waals surface area contributed by atoms with Crippen molar-refractivity contribution in [3.05, 3.63) is 35.4 Å². The smallest absolute Gasteiger partial charge is 0.0236 e. The van der Waals surface area contributed by atoms with Crippen molar-refractivity contribution in [2.75, 3.05) is 26.2 Å². The Bertz CT molecular complexity index is 373. The molecule has 1 aromatic carbocycles. The highest BCUT2D eigenvalue weighted by molar-refractivity contribution is 5.85.